The molecule has 0 saturated heterocycles. The van der Waals surface area contributed by atoms with Gasteiger partial charge in [-0.15, -0.1) is 0 Å². The molecule has 0 aliphatic carbocycles. The second-order valence-electron chi connectivity index (χ2n) is 4.23. The smallest absolute Gasteiger partial charge is 0.252 e. The summed E-state index contributed by atoms with van der Waals surface area (Å²) in [4.78, 5) is 24.3. The first kappa shape index (κ1) is 10.7. The van der Waals surface area contributed by atoms with Gasteiger partial charge in [-0.3, -0.25) is 9.59 Å². The Morgan fingerprint density at radius 3 is 2.11 bits per heavy atom. The standard InChI is InChI=1S/C15H11NO2/c17-14-11-8-4-5-9-12(11)15(18)16-13(14)10-6-2-1-3-7-10/h1-9,13H,(H,16,18). The molecule has 1 unspecified atom stereocenters. The largest absolute Gasteiger partial charge is 0.338 e. The second-order valence-corrected chi connectivity index (χ2v) is 4.23. The summed E-state index contributed by atoms with van der Waals surface area (Å²) in [6.07, 6.45) is 0. The van der Waals surface area contributed by atoms with Crippen molar-refractivity contribution in [3.05, 3.63) is 71.3 Å². The fraction of sp³-hybridized carbons (Fsp3) is 0.0667. The molecular formula is C15H11NO2. The molecule has 1 N–H and O–H groups in total. The fourth-order valence-corrected chi connectivity index (χ4v) is 2.21. The van der Waals surface area contributed by atoms with Gasteiger partial charge in [-0.1, -0.05) is 48.5 Å². The third kappa shape index (κ3) is 1.61. The van der Waals surface area contributed by atoms with Crippen molar-refractivity contribution in [1.82, 2.24) is 5.32 Å². The maximum atomic E-state index is 12.3. The molecule has 0 radical (unpaired) electrons. The molecule has 3 rings (SSSR count). The zero-order valence-corrected chi connectivity index (χ0v) is 9.59. The number of carbonyl (C=O) groups excluding carboxylic acids is 2. The number of carbonyl (C=O) groups is 2. The van der Waals surface area contributed by atoms with Gasteiger partial charge in [0.25, 0.3) is 5.91 Å². The summed E-state index contributed by atoms with van der Waals surface area (Å²) in [5.74, 6) is -0.254. The number of amides is 1. The van der Waals surface area contributed by atoms with Crippen LogP contribution in [0.25, 0.3) is 0 Å². The van der Waals surface area contributed by atoms with Crippen LogP contribution in [-0.4, -0.2) is 11.7 Å². The molecule has 1 aliphatic rings. The van der Waals surface area contributed by atoms with Crippen molar-refractivity contribution in [1.29, 1.82) is 0 Å². The molecule has 0 aromatic heterocycles. The number of ketones is 1. The lowest BCUT2D eigenvalue weighted by Gasteiger charge is -2.24. The van der Waals surface area contributed by atoms with Crippen molar-refractivity contribution in [3.8, 4) is 0 Å². The zero-order valence-electron chi connectivity index (χ0n) is 9.59. The molecule has 3 heteroatoms. The molecule has 0 fully saturated rings. The molecule has 0 bridgehead atoms. The zero-order chi connectivity index (χ0) is 12.5. The Kier molecular flexibility index (Phi) is 2.45. The summed E-state index contributed by atoms with van der Waals surface area (Å²) >= 11 is 0. The normalized spacial score (nSPS) is 18.1. The minimum atomic E-state index is -0.575. The Balaban J connectivity index is 2.08. The monoisotopic (exact) mass is 237 g/mol. The van der Waals surface area contributed by atoms with Gasteiger partial charge in [0.15, 0.2) is 5.78 Å². The van der Waals surface area contributed by atoms with Crippen LogP contribution in [0.2, 0.25) is 0 Å². The lowest BCUT2D eigenvalue weighted by Crippen LogP contribution is -2.39. The van der Waals surface area contributed by atoms with Crippen LogP contribution >= 0.6 is 0 Å². The summed E-state index contributed by atoms with van der Waals surface area (Å²) in [5.41, 5.74) is 1.76. The molecule has 88 valence electrons. The van der Waals surface area contributed by atoms with E-state index < -0.39 is 6.04 Å². The van der Waals surface area contributed by atoms with Crippen LogP contribution in [0.3, 0.4) is 0 Å². The lowest BCUT2D eigenvalue weighted by atomic mass is 9.90. The van der Waals surface area contributed by atoms with Gasteiger partial charge in [0, 0.05) is 5.56 Å². The number of Topliss-reactive ketones (excluding diaryl/α,β-unsaturated/α-hetero) is 1. The second kappa shape index (κ2) is 4.11. The maximum absolute atomic E-state index is 12.3. The van der Waals surface area contributed by atoms with Crippen molar-refractivity contribution in [2.45, 2.75) is 6.04 Å². The van der Waals surface area contributed by atoms with Gasteiger partial charge < -0.3 is 5.32 Å². The van der Waals surface area contributed by atoms with E-state index in [1.54, 1.807) is 24.3 Å². The Hall–Kier alpha value is -2.42. The minimum Gasteiger partial charge on any atom is -0.338 e. The van der Waals surface area contributed by atoms with Crippen molar-refractivity contribution in [2.24, 2.45) is 0 Å². The van der Waals surface area contributed by atoms with E-state index in [9.17, 15) is 9.59 Å². The first-order chi connectivity index (χ1) is 8.77. The van der Waals surface area contributed by atoms with Gasteiger partial charge in [-0.05, 0) is 11.6 Å². The van der Waals surface area contributed by atoms with Crippen LogP contribution in [0.5, 0.6) is 0 Å². The van der Waals surface area contributed by atoms with E-state index in [0.717, 1.165) is 5.56 Å². The molecule has 0 spiro atoms. The van der Waals surface area contributed by atoms with Crippen LogP contribution in [-0.2, 0) is 0 Å². The van der Waals surface area contributed by atoms with Crippen LogP contribution in [0.15, 0.2) is 54.6 Å². The molecular weight excluding hydrogens is 226 g/mol. The molecule has 0 saturated carbocycles. The highest BCUT2D eigenvalue weighted by atomic mass is 16.2. The highest BCUT2D eigenvalue weighted by molar-refractivity contribution is 6.15. The molecule has 18 heavy (non-hydrogen) atoms. The lowest BCUT2D eigenvalue weighted by molar-refractivity contribution is 0.0828. The van der Waals surface area contributed by atoms with E-state index >= 15 is 0 Å². The maximum Gasteiger partial charge on any atom is 0.252 e. The van der Waals surface area contributed by atoms with E-state index in [2.05, 4.69) is 5.32 Å². The predicted molar refractivity (Wildman–Crippen MR) is 67.4 cm³/mol. The SMILES string of the molecule is O=C1NC(c2ccccc2)C(=O)c2ccccc21. The van der Waals surface area contributed by atoms with Gasteiger partial charge in [-0.25, -0.2) is 0 Å². The summed E-state index contributed by atoms with van der Waals surface area (Å²) in [6, 6.07) is 15.6. The van der Waals surface area contributed by atoms with Gasteiger partial charge >= 0.3 is 0 Å². The van der Waals surface area contributed by atoms with E-state index in [-0.39, 0.29) is 11.7 Å². The summed E-state index contributed by atoms with van der Waals surface area (Å²) < 4.78 is 0. The van der Waals surface area contributed by atoms with E-state index in [0.29, 0.717) is 11.1 Å². The van der Waals surface area contributed by atoms with Crippen molar-refractivity contribution < 1.29 is 9.59 Å². The third-order valence-corrected chi connectivity index (χ3v) is 3.11. The summed E-state index contributed by atoms with van der Waals surface area (Å²) in [7, 11) is 0. The molecule has 1 heterocycles. The van der Waals surface area contributed by atoms with Crippen molar-refractivity contribution in [2.75, 3.05) is 0 Å². The highest BCUT2D eigenvalue weighted by Gasteiger charge is 2.32. The number of hydrogen-bond acceptors (Lipinski definition) is 2. The number of benzene rings is 2. The Morgan fingerprint density at radius 1 is 0.778 bits per heavy atom. The fourth-order valence-electron chi connectivity index (χ4n) is 2.21. The van der Waals surface area contributed by atoms with Crippen LogP contribution in [0.1, 0.15) is 32.3 Å². The molecule has 1 atom stereocenters. The molecule has 3 nitrogen and oxygen atoms in total. The first-order valence-electron chi connectivity index (χ1n) is 5.76. The summed E-state index contributed by atoms with van der Waals surface area (Å²) in [6.45, 7) is 0. The third-order valence-electron chi connectivity index (χ3n) is 3.11. The summed E-state index contributed by atoms with van der Waals surface area (Å²) in [5, 5.41) is 2.75. The predicted octanol–water partition coefficient (Wildman–Crippen LogP) is 2.35. The average molecular weight is 237 g/mol. The first-order valence-corrected chi connectivity index (χ1v) is 5.76. The topological polar surface area (TPSA) is 46.2 Å². The Morgan fingerprint density at radius 2 is 1.39 bits per heavy atom. The molecule has 2 aromatic carbocycles. The number of hydrogen-bond donors (Lipinski definition) is 1. The Bertz CT molecular complexity index is 619. The van der Waals surface area contributed by atoms with Gasteiger partial charge in [-0.2, -0.15) is 0 Å². The number of fused-ring (bicyclic) bond motifs is 1. The quantitative estimate of drug-likeness (QED) is 0.827. The van der Waals surface area contributed by atoms with Crippen LogP contribution in [0.4, 0.5) is 0 Å². The van der Waals surface area contributed by atoms with Crippen molar-refractivity contribution in [3.63, 3.8) is 0 Å². The number of nitrogens with one attached hydrogen (secondary N) is 1. The molecule has 1 amide bonds. The molecule has 1 aliphatic heterocycles. The van der Waals surface area contributed by atoms with Crippen LogP contribution in [0, 0.1) is 0 Å². The van der Waals surface area contributed by atoms with Crippen LogP contribution < -0.4 is 5.32 Å². The van der Waals surface area contributed by atoms with E-state index in [1.807, 2.05) is 30.3 Å². The van der Waals surface area contributed by atoms with E-state index in [1.165, 1.54) is 0 Å². The average Bonchev–Trinajstić information content (AvgIpc) is 2.44. The Labute approximate surface area is 104 Å². The minimum absolute atomic E-state index is 0.0589. The van der Waals surface area contributed by atoms with Crippen molar-refractivity contribution >= 4 is 11.7 Å². The van der Waals surface area contributed by atoms with Gasteiger partial charge in [0.1, 0.15) is 6.04 Å². The van der Waals surface area contributed by atoms with E-state index in [4.69, 9.17) is 0 Å². The van der Waals surface area contributed by atoms with Gasteiger partial charge in [0.2, 0.25) is 0 Å². The van der Waals surface area contributed by atoms with Gasteiger partial charge in [0.05, 0.1) is 5.56 Å². The highest BCUT2D eigenvalue weighted by Crippen LogP contribution is 2.25. The number of rotatable bonds is 1. The molecule has 2 aromatic rings.